The molecule has 0 radical (unpaired) electrons. The first-order chi connectivity index (χ1) is 15.1. The number of rotatable bonds is 9. The highest BCUT2D eigenvalue weighted by Gasteiger charge is 2.34. The van der Waals surface area contributed by atoms with Gasteiger partial charge in [0.1, 0.15) is 6.54 Å². The quantitative estimate of drug-likeness (QED) is 0.414. The van der Waals surface area contributed by atoms with Crippen molar-refractivity contribution in [1.82, 2.24) is 10.6 Å². The third-order valence-corrected chi connectivity index (χ3v) is 5.13. The van der Waals surface area contributed by atoms with E-state index in [9.17, 15) is 9.59 Å². The number of nitrogens with two attached hydrogens (primary N) is 1. The van der Waals surface area contributed by atoms with Crippen LogP contribution in [0.15, 0.2) is 59.8 Å². The second-order valence-corrected chi connectivity index (χ2v) is 7.05. The Bertz CT molecular complexity index is 959. The van der Waals surface area contributed by atoms with Crippen LogP contribution < -0.4 is 25.4 Å². The van der Waals surface area contributed by atoms with E-state index < -0.39 is 12.0 Å². The summed E-state index contributed by atoms with van der Waals surface area (Å²) < 4.78 is 15.7. The van der Waals surface area contributed by atoms with Gasteiger partial charge in [0.15, 0.2) is 11.5 Å². The van der Waals surface area contributed by atoms with E-state index >= 15 is 0 Å². The van der Waals surface area contributed by atoms with E-state index in [0.717, 1.165) is 13.0 Å². The van der Waals surface area contributed by atoms with E-state index in [-0.39, 0.29) is 6.03 Å². The second kappa shape index (κ2) is 10.5. The van der Waals surface area contributed by atoms with E-state index in [1.807, 2.05) is 18.2 Å². The summed E-state index contributed by atoms with van der Waals surface area (Å²) >= 11 is 0. The number of benzene rings is 2. The van der Waals surface area contributed by atoms with Gasteiger partial charge in [0.05, 0.1) is 45.2 Å². The molecule has 0 spiro atoms. The highest BCUT2D eigenvalue weighted by atomic mass is 16.5. The molecule has 0 saturated carbocycles. The Hall–Kier alpha value is -3.52. The second-order valence-electron chi connectivity index (χ2n) is 7.05. The predicted molar refractivity (Wildman–Crippen MR) is 115 cm³/mol. The minimum atomic E-state index is -0.668. The lowest BCUT2D eigenvalue weighted by Crippen LogP contribution is -2.86. The van der Waals surface area contributed by atoms with Crippen LogP contribution in [0.1, 0.15) is 17.2 Å². The highest BCUT2D eigenvalue weighted by molar-refractivity contribution is 5.95. The number of hydrogen-bond acceptors (Lipinski definition) is 5. The normalized spacial score (nSPS) is 15.7. The molecule has 1 atom stereocenters. The Kier molecular flexibility index (Phi) is 7.50. The fourth-order valence-corrected chi connectivity index (χ4v) is 3.57. The van der Waals surface area contributed by atoms with E-state index in [4.69, 9.17) is 14.2 Å². The Labute approximate surface area is 181 Å². The molecule has 4 N–H and O–H groups in total. The third-order valence-electron chi connectivity index (χ3n) is 5.13. The van der Waals surface area contributed by atoms with Crippen LogP contribution in [-0.4, -0.2) is 46.4 Å². The maximum absolute atomic E-state index is 12.7. The van der Waals surface area contributed by atoms with Crippen molar-refractivity contribution in [2.75, 3.05) is 34.4 Å². The van der Waals surface area contributed by atoms with E-state index in [2.05, 4.69) is 28.1 Å². The molecule has 0 bridgehead atoms. The number of amides is 2. The van der Waals surface area contributed by atoms with E-state index in [0.29, 0.717) is 34.9 Å². The number of urea groups is 1. The molecule has 8 heteroatoms. The number of nitrogens with one attached hydrogen (secondary N) is 2. The standard InChI is InChI=1S/C23H27N3O5/c1-29-18-10-9-16(13-19(18)30-2)21-20(22(27)31-3)17(25-23(28)26-21)14-24-12-11-15-7-5-4-6-8-15/h4-10,13,21,24H,11-12,14H2,1-3H3,(H2,25,26,28)/p+1/t21-/m1/s1. The van der Waals surface area contributed by atoms with Gasteiger partial charge in [-0.25, -0.2) is 9.59 Å². The van der Waals surface area contributed by atoms with Gasteiger partial charge in [0, 0.05) is 6.42 Å². The van der Waals surface area contributed by atoms with Gasteiger partial charge in [-0.1, -0.05) is 36.4 Å². The Morgan fingerprint density at radius 2 is 1.77 bits per heavy atom. The van der Waals surface area contributed by atoms with Crippen LogP contribution in [0.4, 0.5) is 4.79 Å². The average Bonchev–Trinajstić information content (AvgIpc) is 2.81. The Balaban J connectivity index is 1.84. The van der Waals surface area contributed by atoms with Gasteiger partial charge in [-0.2, -0.15) is 0 Å². The first-order valence-electron chi connectivity index (χ1n) is 10.0. The summed E-state index contributed by atoms with van der Waals surface area (Å²) in [6.07, 6.45) is 0.882. The molecule has 1 aliphatic rings. The molecule has 0 aliphatic carbocycles. The average molecular weight is 426 g/mol. The van der Waals surface area contributed by atoms with Gasteiger partial charge in [-0.3, -0.25) is 0 Å². The number of ether oxygens (including phenoxy) is 3. The third kappa shape index (κ3) is 5.35. The number of esters is 1. The van der Waals surface area contributed by atoms with Crippen LogP contribution in [0, 0.1) is 0 Å². The molecule has 0 fully saturated rings. The van der Waals surface area contributed by atoms with Crippen LogP contribution >= 0.6 is 0 Å². The first kappa shape index (κ1) is 22.2. The number of methoxy groups -OCH3 is 3. The van der Waals surface area contributed by atoms with Crippen LogP contribution in [0.2, 0.25) is 0 Å². The molecule has 1 aliphatic heterocycles. The summed E-state index contributed by atoms with van der Waals surface area (Å²) in [6, 6.07) is 14.4. The first-order valence-corrected chi connectivity index (χ1v) is 10.0. The van der Waals surface area contributed by atoms with Crippen molar-refractivity contribution in [3.63, 3.8) is 0 Å². The molecule has 2 aromatic rings. The van der Waals surface area contributed by atoms with Gasteiger partial charge in [0.2, 0.25) is 0 Å². The predicted octanol–water partition coefficient (Wildman–Crippen LogP) is 1.29. The maximum atomic E-state index is 12.7. The minimum Gasteiger partial charge on any atom is -0.493 e. The van der Waals surface area contributed by atoms with Gasteiger partial charge in [-0.05, 0) is 23.3 Å². The molecule has 0 saturated heterocycles. The van der Waals surface area contributed by atoms with E-state index in [1.165, 1.54) is 19.8 Å². The lowest BCUT2D eigenvalue weighted by molar-refractivity contribution is -0.647. The van der Waals surface area contributed by atoms with Crippen LogP contribution in [0.3, 0.4) is 0 Å². The molecular weight excluding hydrogens is 398 g/mol. The van der Waals surface area contributed by atoms with Crippen LogP contribution in [0.25, 0.3) is 0 Å². The fourth-order valence-electron chi connectivity index (χ4n) is 3.57. The molecule has 2 aromatic carbocycles. The summed E-state index contributed by atoms with van der Waals surface area (Å²) in [5.74, 6) is 0.566. The number of quaternary nitrogens is 1. The Morgan fingerprint density at radius 3 is 2.45 bits per heavy atom. The minimum absolute atomic E-state index is 0.366. The zero-order valence-corrected chi connectivity index (χ0v) is 17.9. The van der Waals surface area contributed by atoms with Gasteiger partial charge in [0.25, 0.3) is 0 Å². The highest BCUT2D eigenvalue weighted by Crippen LogP contribution is 2.34. The number of carbonyl (C=O) groups excluding carboxylic acids is 2. The van der Waals surface area contributed by atoms with Crippen molar-refractivity contribution in [2.24, 2.45) is 0 Å². The lowest BCUT2D eigenvalue weighted by atomic mass is 9.94. The summed E-state index contributed by atoms with van der Waals surface area (Å²) in [5.41, 5.74) is 2.82. The molecule has 0 unspecified atom stereocenters. The zero-order chi connectivity index (χ0) is 22.2. The molecule has 164 valence electrons. The van der Waals surface area contributed by atoms with Crippen molar-refractivity contribution >= 4 is 12.0 Å². The number of hydrogen-bond donors (Lipinski definition) is 3. The van der Waals surface area contributed by atoms with Gasteiger partial charge in [-0.15, -0.1) is 0 Å². The van der Waals surface area contributed by atoms with Gasteiger partial charge >= 0.3 is 12.0 Å². The maximum Gasteiger partial charge on any atom is 0.338 e. The molecular formula is C23H28N3O5+. The van der Waals surface area contributed by atoms with Crippen LogP contribution in [0.5, 0.6) is 11.5 Å². The summed E-state index contributed by atoms with van der Waals surface area (Å²) in [5, 5.41) is 7.64. The zero-order valence-electron chi connectivity index (χ0n) is 17.9. The number of carbonyl (C=O) groups is 2. The van der Waals surface area contributed by atoms with Crippen molar-refractivity contribution in [1.29, 1.82) is 0 Å². The monoisotopic (exact) mass is 426 g/mol. The SMILES string of the molecule is COC(=O)C1=C(C[NH2+]CCc2ccccc2)NC(=O)N[C@@H]1c1ccc(OC)c(OC)c1. The molecule has 8 nitrogen and oxygen atoms in total. The van der Waals surface area contributed by atoms with Crippen molar-refractivity contribution in [2.45, 2.75) is 12.5 Å². The summed E-state index contributed by atoms with van der Waals surface area (Å²) in [6.45, 7) is 1.25. The summed E-state index contributed by atoms with van der Waals surface area (Å²) in [4.78, 5) is 25.0. The van der Waals surface area contributed by atoms with Gasteiger partial charge < -0.3 is 30.2 Å². The molecule has 2 amide bonds. The largest absolute Gasteiger partial charge is 0.493 e. The fraction of sp³-hybridized carbons (Fsp3) is 0.304. The topological polar surface area (TPSA) is 102 Å². The smallest absolute Gasteiger partial charge is 0.338 e. The molecule has 1 heterocycles. The van der Waals surface area contributed by atoms with Crippen LogP contribution in [-0.2, 0) is 16.0 Å². The Morgan fingerprint density at radius 1 is 1.03 bits per heavy atom. The lowest BCUT2D eigenvalue weighted by Gasteiger charge is -2.29. The van der Waals surface area contributed by atoms with Crippen molar-refractivity contribution < 1.29 is 29.1 Å². The van der Waals surface area contributed by atoms with E-state index in [1.54, 1.807) is 25.3 Å². The molecule has 0 aromatic heterocycles. The van der Waals surface area contributed by atoms with Crippen molar-refractivity contribution in [3.8, 4) is 11.5 Å². The summed E-state index contributed by atoms with van der Waals surface area (Å²) in [7, 11) is 4.41. The molecule has 3 rings (SSSR count). The van der Waals surface area contributed by atoms with Crippen molar-refractivity contribution in [3.05, 3.63) is 70.9 Å². The molecule has 31 heavy (non-hydrogen) atoms.